The number of aliphatic hydroxyl groups is 1. The topological polar surface area (TPSA) is 78.4 Å². The lowest BCUT2D eigenvalue weighted by Crippen LogP contribution is -2.43. The molecule has 5 nitrogen and oxygen atoms in total. The summed E-state index contributed by atoms with van der Waals surface area (Å²) in [6.07, 6.45) is 3.31. The van der Waals surface area contributed by atoms with Crippen molar-refractivity contribution in [3.63, 3.8) is 0 Å². The van der Waals surface area contributed by atoms with Gasteiger partial charge in [-0.05, 0) is 56.2 Å². The zero-order chi connectivity index (χ0) is 16.1. The van der Waals surface area contributed by atoms with Gasteiger partial charge in [0.15, 0.2) is 0 Å². The van der Waals surface area contributed by atoms with Crippen molar-refractivity contribution in [1.82, 2.24) is 5.32 Å². The molecular formula is C16H21ClN2O3. The Morgan fingerprint density at radius 1 is 1.23 bits per heavy atom. The molecule has 2 amide bonds. The van der Waals surface area contributed by atoms with Gasteiger partial charge in [0.2, 0.25) is 0 Å². The molecule has 1 fully saturated rings. The molecule has 0 aromatic heterocycles. The summed E-state index contributed by atoms with van der Waals surface area (Å²) in [6, 6.07) is 5.21. The van der Waals surface area contributed by atoms with Crippen LogP contribution in [-0.2, 0) is 9.59 Å². The second-order valence-corrected chi connectivity index (χ2v) is 6.22. The van der Waals surface area contributed by atoms with Crippen LogP contribution in [0.15, 0.2) is 18.2 Å². The van der Waals surface area contributed by atoms with Crippen LogP contribution in [0.2, 0.25) is 5.02 Å². The van der Waals surface area contributed by atoms with Crippen molar-refractivity contribution in [3.05, 3.63) is 28.8 Å². The minimum absolute atomic E-state index is 0.00506. The fourth-order valence-electron chi connectivity index (χ4n) is 2.64. The Labute approximate surface area is 135 Å². The van der Waals surface area contributed by atoms with Crippen LogP contribution >= 0.6 is 11.6 Å². The number of rotatable bonds is 3. The number of hydrogen-bond acceptors (Lipinski definition) is 3. The lowest BCUT2D eigenvalue weighted by molar-refractivity contribution is -0.136. The number of benzene rings is 1. The Morgan fingerprint density at radius 3 is 2.50 bits per heavy atom. The number of carbonyl (C=O) groups excluding carboxylic acids is 2. The Bertz CT molecular complexity index is 554. The van der Waals surface area contributed by atoms with E-state index in [4.69, 9.17) is 16.7 Å². The van der Waals surface area contributed by atoms with Gasteiger partial charge in [-0.3, -0.25) is 9.59 Å². The molecular weight excluding hydrogens is 304 g/mol. The SMILES string of the molecule is Cc1ccc(NC(=O)C(=O)NC2CCC(CO)CC2)c(Cl)c1. The molecule has 0 bridgehead atoms. The van der Waals surface area contributed by atoms with E-state index in [1.807, 2.05) is 13.0 Å². The molecule has 0 heterocycles. The van der Waals surface area contributed by atoms with E-state index in [2.05, 4.69) is 10.6 Å². The highest BCUT2D eigenvalue weighted by atomic mass is 35.5. The summed E-state index contributed by atoms with van der Waals surface area (Å²) in [6.45, 7) is 2.08. The highest BCUT2D eigenvalue weighted by molar-refractivity contribution is 6.41. The van der Waals surface area contributed by atoms with E-state index in [0.29, 0.717) is 16.6 Å². The Balaban J connectivity index is 1.86. The Hall–Kier alpha value is -1.59. The molecule has 1 aromatic carbocycles. The predicted octanol–water partition coefficient (Wildman–Crippen LogP) is 2.25. The monoisotopic (exact) mass is 324 g/mol. The third-order valence-electron chi connectivity index (χ3n) is 4.02. The normalized spacial score (nSPS) is 21.2. The molecule has 120 valence electrons. The number of amides is 2. The minimum Gasteiger partial charge on any atom is -0.396 e. The smallest absolute Gasteiger partial charge is 0.313 e. The van der Waals surface area contributed by atoms with Crippen molar-refractivity contribution in [2.24, 2.45) is 5.92 Å². The molecule has 0 unspecified atom stereocenters. The molecule has 1 aromatic rings. The molecule has 3 N–H and O–H groups in total. The number of carbonyl (C=O) groups is 2. The van der Waals surface area contributed by atoms with E-state index in [9.17, 15) is 9.59 Å². The third-order valence-corrected chi connectivity index (χ3v) is 4.33. The van der Waals surface area contributed by atoms with Gasteiger partial charge in [-0.1, -0.05) is 17.7 Å². The molecule has 1 saturated carbocycles. The van der Waals surface area contributed by atoms with Gasteiger partial charge in [-0.25, -0.2) is 0 Å². The highest BCUT2D eigenvalue weighted by Gasteiger charge is 2.24. The molecule has 0 atom stereocenters. The zero-order valence-corrected chi connectivity index (χ0v) is 13.3. The lowest BCUT2D eigenvalue weighted by atomic mass is 9.86. The number of halogens is 1. The predicted molar refractivity (Wildman–Crippen MR) is 85.8 cm³/mol. The van der Waals surface area contributed by atoms with Crippen LogP contribution in [-0.4, -0.2) is 29.6 Å². The van der Waals surface area contributed by atoms with Crippen molar-refractivity contribution in [2.45, 2.75) is 38.6 Å². The number of aliphatic hydroxyl groups excluding tert-OH is 1. The van der Waals surface area contributed by atoms with Crippen LogP contribution in [0.1, 0.15) is 31.2 Å². The number of aryl methyl sites for hydroxylation is 1. The first kappa shape index (κ1) is 16.8. The van der Waals surface area contributed by atoms with Gasteiger partial charge in [0, 0.05) is 12.6 Å². The van der Waals surface area contributed by atoms with Gasteiger partial charge >= 0.3 is 11.8 Å². The van der Waals surface area contributed by atoms with Crippen molar-refractivity contribution < 1.29 is 14.7 Å². The van der Waals surface area contributed by atoms with Gasteiger partial charge in [0.05, 0.1) is 10.7 Å². The zero-order valence-electron chi connectivity index (χ0n) is 12.6. The van der Waals surface area contributed by atoms with Gasteiger partial charge < -0.3 is 15.7 Å². The van der Waals surface area contributed by atoms with Crippen LogP contribution in [0.5, 0.6) is 0 Å². The molecule has 2 rings (SSSR count). The van der Waals surface area contributed by atoms with E-state index in [-0.39, 0.29) is 12.6 Å². The van der Waals surface area contributed by atoms with E-state index in [1.165, 1.54) is 0 Å². The summed E-state index contributed by atoms with van der Waals surface area (Å²) in [5.41, 5.74) is 1.41. The average Bonchev–Trinajstić information content (AvgIpc) is 2.50. The number of hydrogen-bond donors (Lipinski definition) is 3. The Kier molecular flexibility index (Phi) is 5.80. The van der Waals surface area contributed by atoms with Crippen LogP contribution in [0.25, 0.3) is 0 Å². The van der Waals surface area contributed by atoms with Crippen molar-refractivity contribution in [3.8, 4) is 0 Å². The van der Waals surface area contributed by atoms with Crippen LogP contribution < -0.4 is 10.6 Å². The summed E-state index contributed by atoms with van der Waals surface area (Å²) in [4.78, 5) is 23.9. The van der Waals surface area contributed by atoms with E-state index in [1.54, 1.807) is 12.1 Å². The maximum Gasteiger partial charge on any atom is 0.313 e. The van der Waals surface area contributed by atoms with E-state index in [0.717, 1.165) is 31.2 Å². The quantitative estimate of drug-likeness (QED) is 0.746. The largest absolute Gasteiger partial charge is 0.396 e. The standard InChI is InChI=1S/C16H21ClN2O3/c1-10-2-7-14(13(17)8-10)19-16(22)15(21)18-12-5-3-11(9-20)4-6-12/h2,7-8,11-12,20H,3-6,9H2,1H3,(H,18,21)(H,19,22). The number of anilines is 1. The van der Waals surface area contributed by atoms with Gasteiger partial charge in [-0.2, -0.15) is 0 Å². The van der Waals surface area contributed by atoms with Crippen LogP contribution in [0.4, 0.5) is 5.69 Å². The summed E-state index contributed by atoms with van der Waals surface area (Å²) in [5, 5.41) is 14.8. The summed E-state index contributed by atoms with van der Waals surface area (Å²) < 4.78 is 0. The number of nitrogens with one attached hydrogen (secondary N) is 2. The average molecular weight is 325 g/mol. The Morgan fingerprint density at radius 2 is 1.91 bits per heavy atom. The molecule has 1 aliphatic carbocycles. The fourth-order valence-corrected chi connectivity index (χ4v) is 2.92. The van der Waals surface area contributed by atoms with Gasteiger partial charge in [-0.15, -0.1) is 0 Å². The van der Waals surface area contributed by atoms with Gasteiger partial charge in [0.1, 0.15) is 0 Å². The molecule has 22 heavy (non-hydrogen) atoms. The second-order valence-electron chi connectivity index (χ2n) is 5.81. The van der Waals surface area contributed by atoms with Gasteiger partial charge in [0.25, 0.3) is 0 Å². The first-order valence-corrected chi connectivity index (χ1v) is 7.86. The first-order valence-electron chi connectivity index (χ1n) is 7.48. The second kappa shape index (κ2) is 7.61. The summed E-state index contributed by atoms with van der Waals surface area (Å²) in [5.74, 6) is -1.05. The molecule has 0 saturated heterocycles. The molecule has 1 aliphatic rings. The molecule has 0 radical (unpaired) electrons. The van der Waals surface area contributed by atoms with Crippen LogP contribution in [0, 0.1) is 12.8 Å². The maximum atomic E-state index is 11.9. The van der Waals surface area contributed by atoms with Crippen molar-refractivity contribution >= 4 is 29.1 Å². The molecule has 0 spiro atoms. The highest BCUT2D eigenvalue weighted by Crippen LogP contribution is 2.24. The lowest BCUT2D eigenvalue weighted by Gasteiger charge is -2.27. The third kappa shape index (κ3) is 4.45. The van der Waals surface area contributed by atoms with Crippen molar-refractivity contribution in [2.75, 3.05) is 11.9 Å². The maximum absolute atomic E-state index is 11.9. The van der Waals surface area contributed by atoms with Crippen LogP contribution in [0.3, 0.4) is 0 Å². The van der Waals surface area contributed by atoms with Crippen molar-refractivity contribution in [1.29, 1.82) is 0 Å². The van der Waals surface area contributed by atoms with E-state index < -0.39 is 11.8 Å². The first-order chi connectivity index (χ1) is 10.5. The molecule has 6 heteroatoms. The summed E-state index contributed by atoms with van der Waals surface area (Å²) in [7, 11) is 0. The van der Waals surface area contributed by atoms with E-state index >= 15 is 0 Å². The minimum atomic E-state index is -0.713. The molecule has 0 aliphatic heterocycles. The fraction of sp³-hybridized carbons (Fsp3) is 0.500. The summed E-state index contributed by atoms with van der Waals surface area (Å²) >= 11 is 6.03.